The summed E-state index contributed by atoms with van der Waals surface area (Å²) >= 11 is 5.61. The molecule has 1 heterocycles. The number of nitrogens with zero attached hydrogens (tertiary/aromatic N) is 3. The number of para-hydroxylation sites is 1. The highest BCUT2D eigenvalue weighted by Gasteiger charge is 2.16. The lowest BCUT2D eigenvalue weighted by atomic mass is 10.1. The van der Waals surface area contributed by atoms with Crippen LogP contribution in [0.15, 0.2) is 48.5 Å². The van der Waals surface area contributed by atoms with E-state index in [-0.39, 0.29) is 0 Å². The molecule has 0 fully saturated rings. The van der Waals surface area contributed by atoms with Gasteiger partial charge in [0.15, 0.2) is 5.11 Å². The summed E-state index contributed by atoms with van der Waals surface area (Å²) in [5.41, 5.74) is 7.98. The molecule has 0 saturated carbocycles. The van der Waals surface area contributed by atoms with E-state index in [9.17, 15) is 0 Å². The molecule has 0 aliphatic carbocycles. The quantitative estimate of drug-likeness (QED) is 0.652. The van der Waals surface area contributed by atoms with Gasteiger partial charge in [-0.15, -0.1) is 0 Å². The maximum absolute atomic E-state index is 5.61. The standard InChI is InChI=1S/C22H26N4S/c1-15-11-12-19(13-16(15)2)23-22(27)25(5)14-21-17(3)24-26(18(21)4)20-9-7-6-8-10-20/h6-13H,14H2,1-5H3,(H,23,27). The molecule has 0 amide bonds. The van der Waals surface area contributed by atoms with E-state index in [1.165, 1.54) is 16.7 Å². The van der Waals surface area contributed by atoms with Gasteiger partial charge in [0.1, 0.15) is 0 Å². The fraction of sp³-hybridized carbons (Fsp3) is 0.273. The highest BCUT2D eigenvalue weighted by molar-refractivity contribution is 7.80. The van der Waals surface area contributed by atoms with Crippen molar-refractivity contribution in [1.29, 1.82) is 0 Å². The van der Waals surface area contributed by atoms with Crippen LogP contribution in [-0.2, 0) is 6.54 Å². The lowest BCUT2D eigenvalue weighted by molar-refractivity contribution is 0.505. The number of aryl methyl sites for hydroxylation is 3. The Hall–Kier alpha value is -2.66. The molecular formula is C22H26N4S. The molecule has 3 aromatic rings. The Morgan fingerprint density at radius 1 is 1.04 bits per heavy atom. The summed E-state index contributed by atoms with van der Waals surface area (Å²) in [6.07, 6.45) is 0. The Labute approximate surface area is 166 Å². The van der Waals surface area contributed by atoms with Crippen molar-refractivity contribution < 1.29 is 0 Å². The number of thiocarbonyl (C=S) groups is 1. The van der Waals surface area contributed by atoms with Gasteiger partial charge in [0.2, 0.25) is 0 Å². The predicted octanol–water partition coefficient (Wildman–Crippen LogP) is 4.93. The van der Waals surface area contributed by atoms with Crippen molar-refractivity contribution in [2.45, 2.75) is 34.2 Å². The first-order chi connectivity index (χ1) is 12.9. The summed E-state index contributed by atoms with van der Waals surface area (Å²) in [5, 5.41) is 8.76. The minimum atomic E-state index is 0.699. The van der Waals surface area contributed by atoms with Gasteiger partial charge in [-0.2, -0.15) is 5.10 Å². The van der Waals surface area contributed by atoms with Crippen molar-refractivity contribution in [2.75, 3.05) is 12.4 Å². The number of aromatic nitrogens is 2. The van der Waals surface area contributed by atoms with Crippen molar-refractivity contribution in [2.24, 2.45) is 0 Å². The largest absolute Gasteiger partial charge is 0.348 e. The molecule has 0 radical (unpaired) electrons. The number of hydrogen-bond donors (Lipinski definition) is 1. The molecule has 2 aromatic carbocycles. The van der Waals surface area contributed by atoms with Crippen LogP contribution in [0.4, 0.5) is 5.69 Å². The third kappa shape index (κ3) is 4.19. The van der Waals surface area contributed by atoms with Gasteiger partial charge in [-0.25, -0.2) is 4.68 Å². The van der Waals surface area contributed by atoms with E-state index >= 15 is 0 Å². The number of rotatable bonds is 4. The fourth-order valence-corrected chi connectivity index (χ4v) is 3.25. The topological polar surface area (TPSA) is 33.1 Å². The second-order valence-electron chi connectivity index (χ2n) is 6.98. The zero-order valence-electron chi connectivity index (χ0n) is 16.6. The average molecular weight is 379 g/mol. The molecular weight excluding hydrogens is 352 g/mol. The maximum atomic E-state index is 5.61. The smallest absolute Gasteiger partial charge is 0.173 e. The molecule has 5 heteroatoms. The van der Waals surface area contributed by atoms with E-state index in [0.717, 1.165) is 22.8 Å². The summed E-state index contributed by atoms with van der Waals surface area (Å²) in [4.78, 5) is 2.05. The van der Waals surface area contributed by atoms with Gasteiger partial charge in [-0.05, 0) is 75.3 Å². The average Bonchev–Trinajstić information content (AvgIpc) is 2.93. The van der Waals surface area contributed by atoms with E-state index in [2.05, 4.69) is 68.2 Å². The lowest BCUT2D eigenvalue weighted by Crippen LogP contribution is -2.31. The summed E-state index contributed by atoms with van der Waals surface area (Å²) in [6.45, 7) is 9.09. The first-order valence-electron chi connectivity index (χ1n) is 9.06. The SMILES string of the molecule is Cc1ccc(NC(=S)N(C)Cc2c(C)nn(-c3ccccc3)c2C)cc1C. The fourth-order valence-electron chi connectivity index (χ4n) is 3.07. The molecule has 4 nitrogen and oxygen atoms in total. The molecule has 0 aliphatic heterocycles. The Kier molecular flexibility index (Phi) is 5.61. The van der Waals surface area contributed by atoms with Gasteiger partial charge in [-0.3, -0.25) is 0 Å². The number of anilines is 1. The van der Waals surface area contributed by atoms with Gasteiger partial charge in [0.05, 0.1) is 11.4 Å². The molecule has 0 aliphatic rings. The molecule has 0 atom stereocenters. The second-order valence-corrected chi connectivity index (χ2v) is 7.37. The summed E-state index contributed by atoms with van der Waals surface area (Å²) < 4.78 is 2.00. The molecule has 1 N–H and O–H groups in total. The molecule has 3 rings (SSSR count). The van der Waals surface area contributed by atoms with Crippen LogP contribution in [0, 0.1) is 27.7 Å². The van der Waals surface area contributed by atoms with Crippen molar-refractivity contribution in [1.82, 2.24) is 14.7 Å². The van der Waals surface area contributed by atoms with Crippen LogP contribution in [0.2, 0.25) is 0 Å². The van der Waals surface area contributed by atoms with Gasteiger partial charge < -0.3 is 10.2 Å². The van der Waals surface area contributed by atoms with Crippen molar-refractivity contribution in [3.8, 4) is 5.69 Å². The van der Waals surface area contributed by atoms with Crippen LogP contribution >= 0.6 is 12.2 Å². The lowest BCUT2D eigenvalue weighted by Gasteiger charge is -2.21. The van der Waals surface area contributed by atoms with Gasteiger partial charge in [-0.1, -0.05) is 24.3 Å². The van der Waals surface area contributed by atoms with Crippen LogP contribution in [0.1, 0.15) is 28.1 Å². The first-order valence-corrected chi connectivity index (χ1v) is 9.47. The Morgan fingerprint density at radius 3 is 2.41 bits per heavy atom. The predicted molar refractivity (Wildman–Crippen MR) is 117 cm³/mol. The van der Waals surface area contributed by atoms with Crippen LogP contribution in [0.3, 0.4) is 0 Å². The third-order valence-corrected chi connectivity index (χ3v) is 5.36. The molecule has 27 heavy (non-hydrogen) atoms. The van der Waals surface area contributed by atoms with Gasteiger partial charge >= 0.3 is 0 Å². The third-order valence-electron chi connectivity index (χ3n) is 4.94. The van der Waals surface area contributed by atoms with E-state index < -0.39 is 0 Å². The van der Waals surface area contributed by atoms with E-state index in [1.807, 2.05) is 29.9 Å². The monoisotopic (exact) mass is 378 g/mol. The minimum Gasteiger partial charge on any atom is -0.348 e. The van der Waals surface area contributed by atoms with Crippen molar-refractivity contribution in [3.63, 3.8) is 0 Å². The minimum absolute atomic E-state index is 0.699. The summed E-state index contributed by atoms with van der Waals surface area (Å²) in [6, 6.07) is 16.5. The first kappa shape index (κ1) is 19.1. The van der Waals surface area contributed by atoms with Crippen molar-refractivity contribution >= 4 is 23.0 Å². The van der Waals surface area contributed by atoms with Crippen LogP contribution in [0.5, 0.6) is 0 Å². The second kappa shape index (κ2) is 7.92. The van der Waals surface area contributed by atoms with Gasteiger partial charge in [0.25, 0.3) is 0 Å². The van der Waals surface area contributed by atoms with Gasteiger partial charge in [0, 0.05) is 30.5 Å². The Bertz CT molecular complexity index is 960. The highest BCUT2D eigenvalue weighted by atomic mass is 32.1. The Morgan fingerprint density at radius 2 is 1.74 bits per heavy atom. The zero-order valence-corrected chi connectivity index (χ0v) is 17.4. The zero-order chi connectivity index (χ0) is 19.6. The number of nitrogens with one attached hydrogen (secondary N) is 1. The van der Waals surface area contributed by atoms with E-state index in [1.54, 1.807) is 0 Å². The highest BCUT2D eigenvalue weighted by Crippen LogP contribution is 2.20. The number of benzene rings is 2. The molecule has 0 bridgehead atoms. The normalized spacial score (nSPS) is 10.7. The van der Waals surface area contributed by atoms with E-state index in [0.29, 0.717) is 11.7 Å². The summed E-state index contributed by atoms with van der Waals surface area (Å²) in [5.74, 6) is 0. The Balaban J connectivity index is 1.75. The van der Waals surface area contributed by atoms with Crippen LogP contribution in [-0.4, -0.2) is 26.8 Å². The molecule has 140 valence electrons. The van der Waals surface area contributed by atoms with E-state index in [4.69, 9.17) is 17.3 Å². The molecule has 0 unspecified atom stereocenters. The van der Waals surface area contributed by atoms with Crippen molar-refractivity contribution in [3.05, 3.63) is 76.6 Å². The number of hydrogen-bond acceptors (Lipinski definition) is 2. The molecule has 0 spiro atoms. The van der Waals surface area contributed by atoms with Crippen LogP contribution < -0.4 is 5.32 Å². The van der Waals surface area contributed by atoms with Crippen LogP contribution in [0.25, 0.3) is 5.69 Å². The molecule has 0 saturated heterocycles. The molecule has 1 aromatic heterocycles. The summed E-state index contributed by atoms with van der Waals surface area (Å²) in [7, 11) is 2.01. The maximum Gasteiger partial charge on any atom is 0.173 e.